The average Bonchev–Trinajstić information content (AvgIpc) is 1.84. The van der Waals surface area contributed by atoms with Crippen molar-refractivity contribution in [2.75, 3.05) is 0 Å². The largest absolute Gasteiger partial charge is 0.290 e. The Hall–Kier alpha value is -0.990. The van der Waals surface area contributed by atoms with Crippen LogP contribution < -0.4 is 0 Å². The number of hydrogen-bond donors (Lipinski definition) is 0. The minimum atomic E-state index is -1.06. The lowest BCUT2D eigenvalue weighted by molar-refractivity contribution is -0.132. The van der Waals surface area contributed by atoms with Crippen LogP contribution >= 0.6 is 0 Å². The van der Waals surface area contributed by atoms with Crippen molar-refractivity contribution < 1.29 is 14.4 Å². The minimum absolute atomic E-state index is 0.0775. The van der Waals surface area contributed by atoms with Crippen LogP contribution in [0, 0.1) is 0 Å². The Morgan fingerprint density at radius 2 is 2.00 bits per heavy atom. The summed E-state index contributed by atoms with van der Waals surface area (Å²) < 4.78 is 0. The van der Waals surface area contributed by atoms with Crippen molar-refractivity contribution in [1.82, 2.24) is 0 Å². The molecule has 0 saturated carbocycles. The third kappa shape index (κ3) is 1.64. The molecular weight excluding hydrogens is 108 g/mol. The van der Waals surface area contributed by atoms with Gasteiger partial charge in [0.25, 0.3) is 12.1 Å². The second-order valence-corrected chi connectivity index (χ2v) is 1.21. The molecule has 3 nitrogen and oxygen atoms in total. The summed E-state index contributed by atoms with van der Waals surface area (Å²) in [6.07, 6.45) is 1.05. The third-order valence-electron chi connectivity index (χ3n) is 0.667. The Morgan fingerprint density at radius 1 is 1.50 bits per heavy atom. The van der Waals surface area contributed by atoms with Crippen LogP contribution in [-0.4, -0.2) is 17.9 Å². The van der Waals surface area contributed by atoms with E-state index in [1.54, 1.807) is 0 Å². The Labute approximate surface area is 46.7 Å². The molecule has 0 aliphatic carbocycles. The lowest BCUT2D eigenvalue weighted by atomic mass is 10.2. The molecule has 43 valence electrons. The van der Waals surface area contributed by atoms with Crippen molar-refractivity contribution in [2.24, 2.45) is 0 Å². The fraction of sp³-hybridized carbons (Fsp3) is 0.400. The van der Waals surface area contributed by atoms with Crippen molar-refractivity contribution in [1.29, 1.82) is 0 Å². The van der Waals surface area contributed by atoms with Crippen LogP contribution in [0.15, 0.2) is 0 Å². The molecular formula is C5H5O3. The molecule has 0 aliphatic rings. The standard InChI is InChI=1S/C5H5O3/c1-2-4(7)5(8)3-6/h2H2,1H3. The summed E-state index contributed by atoms with van der Waals surface area (Å²) in [6, 6.07) is 0. The Balaban J connectivity index is 3.82. The van der Waals surface area contributed by atoms with Gasteiger partial charge in [0.1, 0.15) is 0 Å². The van der Waals surface area contributed by atoms with Crippen LogP contribution in [0.25, 0.3) is 0 Å². The Kier molecular flexibility index (Phi) is 2.69. The van der Waals surface area contributed by atoms with Crippen LogP contribution in [0.2, 0.25) is 0 Å². The van der Waals surface area contributed by atoms with Gasteiger partial charge in [-0.3, -0.25) is 14.4 Å². The molecule has 0 bridgehead atoms. The fourth-order valence-corrected chi connectivity index (χ4v) is 0.217. The lowest BCUT2D eigenvalue weighted by Gasteiger charge is -1.79. The number of carbonyl (C=O) groups is 2. The molecule has 0 rings (SSSR count). The first-order chi connectivity index (χ1) is 3.72. The summed E-state index contributed by atoms with van der Waals surface area (Å²) in [5.74, 6) is -1.74. The average molecular weight is 113 g/mol. The zero-order chi connectivity index (χ0) is 6.57. The van der Waals surface area contributed by atoms with Gasteiger partial charge in [0.2, 0.25) is 5.78 Å². The maximum Gasteiger partial charge on any atom is 0.280 e. The smallest absolute Gasteiger partial charge is 0.280 e. The molecule has 0 aromatic carbocycles. The topological polar surface area (TPSA) is 51.2 Å². The quantitative estimate of drug-likeness (QED) is 0.371. The third-order valence-corrected chi connectivity index (χ3v) is 0.667. The fourth-order valence-electron chi connectivity index (χ4n) is 0.217. The first-order valence-corrected chi connectivity index (χ1v) is 2.17. The second-order valence-electron chi connectivity index (χ2n) is 1.21. The Morgan fingerprint density at radius 3 is 2.12 bits per heavy atom. The van der Waals surface area contributed by atoms with E-state index in [1.165, 1.54) is 6.92 Å². The monoisotopic (exact) mass is 113 g/mol. The molecule has 0 fully saturated rings. The van der Waals surface area contributed by atoms with Gasteiger partial charge in [0.05, 0.1) is 0 Å². The summed E-state index contributed by atoms with van der Waals surface area (Å²) in [6.45, 7) is 1.51. The first kappa shape index (κ1) is 7.01. The summed E-state index contributed by atoms with van der Waals surface area (Å²) in [5.41, 5.74) is 0. The van der Waals surface area contributed by atoms with Gasteiger partial charge in [-0.25, -0.2) is 0 Å². The zero-order valence-corrected chi connectivity index (χ0v) is 4.43. The van der Waals surface area contributed by atoms with E-state index in [9.17, 15) is 14.4 Å². The van der Waals surface area contributed by atoms with E-state index in [-0.39, 0.29) is 6.42 Å². The van der Waals surface area contributed by atoms with E-state index in [4.69, 9.17) is 0 Å². The molecule has 0 saturated heterocycles. The van der Waals surface area contributed by atoms with Gasteiger partial charge in [-0.15, -0.1) is 0 Å². The molecule has 1 radical (unpaired) electrons. The van der Waals surface area contributed by atoms with E-state index in [2.05, 4.69) is 0 Å². The van der Waals surface area contributed by atoms with Crippen molar-refractivity contribution in [3.8, 4) is 0 Å². The number of ketones is 2. The van der Waals surface area contributed by atoms with E-state index in [0.29, 0.717) is 0 Å². The van der Waals surface area contributed by atoms with Crippen molar-refractivity contribution in [3.63, 3.8) is 0 Å². The van der Waals surface area contributed by atoms with Gasteiger partial charge < -0.3 is 0 Å². The predicted molar refractivity (Wildman–Crippen MR) is 26.0 cm³/mol. The van der Waals surface area contributed by atoms with Gasteiger partial charge in [-0.1, -0.05) is 6.92 Å². The van der Waals surface area contributed by atoms with Crippen molar-refractivity contribution in [2.45, 2.75) is 13.3 Å². The van der Waals surface area contributed by atoms with E-state index in [1.807, 2.05) is 0 Å². The summed E-state index contributed by atoms with van der Waals surface area (Å²) in [5, 5.41) is 0. The normalized spacial score (nSPS) is 8.12. The maximum absolute atomic E-state index is 10.1. The highest BCUT2D eigenvalue weighted by Gasteiger charge is 2.08. The Bertz CT molecular complexity index is 126. The SMILES string of the molecule is CCC(=O)C(=O)[C]=O. The molecule has 0 unspecified atom stereocenters. The molecule has 0 amide bonds. The van der Waals surface area contributed by atoms with Crippen molar-refractivity contribution >= 4 is 17.9 Å². The van der Waals surface area contributed by atoms with Crippen LogP contribution in [0.3, 0.4) is 0 Å². The van der Waals surface area contributed by atoms with E-state index >= 15 is 0 Å². The molecule has 0 aromatic heterocycles. The molecule has 0 atom stereocenters. The first-order valence-electron chi connectivity index (χ1n) is 2.17. The molecule has 0 aliphatic heterocycles. The molecule has 0 heterocycles. The molecule has 0 N–H and O–H groups in total. The highest BCUT2D eigenvalue weighted by Crippen LogP contribution is 1.78. The number of carbonyl (C=O) groups excluding carboxylic acids is 3. The lowest BCUT2D eigenvalue weighted by Crippen LogP contribution is -2.12. The second kappa shape index (κ2) is 3.07. The van der Waals surface area contributed by atoms with Gasteiger partial charge >= 0.3 is 0 Å². The maximum atomic E-state index is 10.1. The highest BCUT2D eigenvalue weighted by molar-refractivity contribution is 6.57. The number of Topliss-reactive ketones (excluding diaryl/α,β-unsaturated/α-hetero) is 2. The van der Waals surface area contributed by atoms with Gasteiger partial charge in [-0.2, -0.15) is 0 Å². The van der Waals surface area contributed by atoms with Gasteiger partial charge in [0.15, 0.2) is 0 Å². The van der Waals surface area contributed by atoms with Crippen LogP contribution in [0.4, 0.5) is 0 Å². The van der Waals surface area contributed by atoms with Crippen LogP contribution in [0.1, 0.15) is 13.3 Å². The van der Waals surface area contributed by atoms with Crippen molar-refractivity contribution in [3.05, 3.63) is 0 Å². The molecule has 3 heteroatoms. The van der Waals surface area contributed by atoms with Gasteiger partial charge in [-0.05, 0) is 0 Å². The zero-order valence-electron chi connectivity index (χ0n) is 4.43. The number of hydrogen-bond acceptors (Lipinski definition) is 3. The van der Waals surface area contributed by atoms with Crippen LogP contribution in [-0.2, 0) is 14.4 Å². The molecule has 8 heavy (non-hydrogen) atoms. The van der Waals surface area contributed by atoms with E-state index in [0.717, 1.165) is 6.29 Å². The summed E-state index contributed by atoms with van der Waals surface area (Å²) >= 11 is 0. The van der Waals surface area contributed by atoms with Crippen LogP contribution in [0.5, 0.6) is 0 Å². The van der Waals surface area contributed by atoms with E-state index < -0.39 is 11.6 Å². The summed E-state index contributed by atoms with van der Waals surface area (Å²) in [4.78, 5) is 29.5. The molecule has 0 spiro atoms. The highest BCUT2D eigenvalue weighted by atomic mass is 16.2. The van der Waals surface area contributed by atoms with Gasteiger partial charge in [0, 0.05) is 6.42 Å². The molecule has 0 aromatic rings. The number of rotatable bonds is 3. The predicted octanol–water partition coefficient (Wildman–Crippen LogP) is -0.356. The minimum Gasteiger partial charge on any atom is -0.290 e. The summed E-state index contributed by atoms with van der Waals surface area (Å²) in [7, 11) is 0.